The first-order chi connectivity index (χ1) is 6.78. The van der Waals surface area contributed by atoms with Crippen LogP contribution in [0.4, 0.5) is 0 Å². The highest BCUT2D eigenvalue weighted by Gasteiger charge is 2.64. The van der Waals surface area contributed by atoms with E-state index in [-0.39, 0.29) is 11.7 Å². The third kappa shape index (κ3) is 0.975. The number of aromatic nitrogens is 2. The van der Waals surface area contributed by atoms with Crippen LogP contribution in [0.3, 0.4) is 0 Å². The van der Waals surface area contributed by atoms with E-state index >= 15 is 0 Å². The second-order valence-electron chi connectivity index (χ2n) is 3.67. The fraction of sp³-hybridized carbons (Fsp3) is 0.667. The molecule has 14 heavy (non-hydrogen) atoms. The molecule has 0 saturated carbocycles. The lowest BCUT2D eigenvalue weighted by atomic mass is 10.0. The zero-order chi connectivity index (χ0) is 9.76. The van der Waals surface area contributed by atoms with Crippen molar-refractivity contribution in [1.29, 1.82) is 0 Å². The van der Waals surface area contributed by atoms with Gasteiger partial charge in [0.15, 0.2) is 5.60 Å². The summed E-state index contributed by atoms with van der Waals surface area (Å²) in [5, 5.41) is 4.28. The van der Waals surface area contributed by atoms with Gasteiger partial charge in [0.25, 0.3) is 0 Å². The molecule has 0 unspecified atom stereocenters. The van der Waals surface area contributed by atoms with Crippen LogP contribution in [-0.2, 0) is 21.6 Å². The van der Waals surface area contributed by atoms with Crippen LogP contribution in [0.1, 0.15) is 12.6 Å². The van der Waals surface area contributed by atoms with Crippen molar-refractivity contribution in [2.24, 2.45) is 0 Å². The Morgan fingerprint density at radius 3 is 3.21 bits per heavy atom. The number of ether oxygens (including phenoxy) is 2. The Balaban J connectivity index is 2.07. The second-order valence-corrected chi connectivity index (χ2v) is 4.52. The summed E-state index contributed by atoms with van der Waals surface area (Å²) in [4.78, 5) is 0. The predicted octanol–water partition coefficient (Wildman–Crippen LogP) is 1.29. The van der Waals surface area contributed by atoms with E-state index in [9.17, 15) is 0 Å². The van der Waals surface area contributed by atoms with Gasteiger partial charge in [0.05, 0.1) is 29.6 Å². The molecule has 3 rings (SSSR count). The third-order valence-electron chi connectivity index (χ3n) is 2.90. The Morgan fingerprint density at radius 1 is 1.79 bits per heavy atom. The van der Waals surface area contributed by atoms with Crippen molar-refractivity contribution in [2.75, 3.05) is 13.2 Å². The lowest BCUT2D eigenvalue weighted by Crippen LogP contribution is -2.19. The number of hydrogen-bond donors (Lipinski definition) is 0. The van der Waals surface area contributed by atoms with Crippen LogP contribution in [0.5, 0.6) is 0 Å². The molecule has 4 nitrogen and oxygen atoms in total. The fourth-order valence-corrected chi connectivity index (χ4v) is 2.76. The van der Waals surface area contributed by atoms with Crippen LogP contribution in [-0.4, -0.2) is 29.1 Å². The van der Waals surface area contributed by atoms with E-state index in [1.54, 1.807) is 0 Å². The molecule has 2 aliphatic heterocycles. The van der Waals surface area contributed by atoms with Gasteiger partial charge in [-0.05, 0) is 22.9 Å². The van der Waals surface area contributed by atoms with Crippen molar-refractivity contribution in [3.8, 4) is 0 Å². The van der Waals surface area contributed by atoms with Crippen molar-refractivity contribution in [2.45, 2.75) is 25.2 Å². The standard InChI is InChI=1S/C9H11BrN2O2/c1-2-12-8(6(10)3-11-12)9-5-13-4-7(9)14-9/h3,7H,2,4-5H2,1H3/t7-,9-/m0/s1. The van der Waals surface area contributed by atoms with E-state index in [0.717, 1.165) is 16.7 Å². The number of halogens is 1. The summed E-state index contributed by atoms with van der Waals surface area (Å²) >= 11 is 3.51. The molecule has 2 aliphatic rings. The van der Waals surface area contributed by atoms with Gasteiger partial charge in [-0.3, -0.25) is 4.68 Å². The van der Waals surface area contributed by atoms with E-state index < -0.39 is 0 Å². The number of aryl methyl sites for hydroxylation is 1. The van der Waals surface area contributed by atoms with E-state index in [0.29, 0.717) is 13.2 Å². The molecule has 76 valence electrons. The lowest BCUT2D eigenvalue weighted by Gasteiger charge is -2.10. The molecular weight excluding hydrogens is 248 g/mol. The van der Waals surface area contributed by atoms with Gasteiger partial charge in [0.1, 0.15) is 6.10 Å². The maximum atomic E-state index is 5.69. The van der Waals surface area contributed by atoms with Gasteiger partial charge < -0.3 is 9.47 Å². The highest BCUT2D eigenvalue weighted by atomic mass is 79.9. The normalized spacial score (nSPS) is 34.6. The summed E-state index contributed by atoms with van der Waals surface area (Å²) in [5.74, 6) is 0. The SMILES string of the molecule is CCn1ncc(Br)c1[C@]12COC[C@@H]1O2. The Hall–Kier alpha value is -0.390. The maximum absolute atomic E-state index is 5.69. The molecule has 0 N–H and O–H groups in total. The van der Waals surface area contributed by atoms with Crippen LogP contribution in [0.2, 0.25) is 0 Å². The minimum Gasteiger partial charge on any atom is -0.375 e. The van der Waals surface area contributed by atoms with Gasteiger partial charge in [-0.2, -0.15) is 5.10 Å². The molecule has 3 heterocycles. The zero-order valence-corrected chi connectivity index (χ0v) is 9.45. The van der Waals surface area contributed by atoms with E-state index in [2.05, 4.69) is 28.0 Å². The van der Waals surface area contributed by atoms with Gasteiger partial charge in [-0.25, -0.2) is 0 Å². The predicted molar refractivity (Wildman–Crippen MR) is 53.0 cm³/mol. The summed E-state index contributed by atoms with van der Waals surface area (Å²) in [6, 6.07) is 0. The summed E-state index contributed by atoms with van der Waals surface area (Å²) in [6.07, 6.45) is 2.06. The average Bonchev–Trinajstić information content (AvgIpc) is 2.59. The molecule has 0 spiro atoms. The first-order valence-electron chi connectivity index (χ1n) is 4.75. The molecule has 2 atom stereocenters. The Bertz CT molecular complexity index is 379. The minimum atomic E-state index is -0.203. The van der Waals surface area contributed by atoms with E-state index in [1.807, 2.05) is 10.9 Å². The lowest BCUT2D eigenvalue weighted by molar-refractivity contribution is 0.0659. The monoisotopic (exact) mass is 258 g/mol. The smallest absolute Gasteiger partial charge is 0.163 e. The Kier molecular flexibility index (Phi) is 1.78. The van der Waals surface area contributed by atoms with Gasteiger partial charge in [0.2, 0.25) is 0 Å². The van der Waals surface area contributed by atoms with Crippen molar-refractivity contribution in [3.63, 3.8) is 0 Å². The van der Waals surface area contributed by atoms with Crippen LogP contribution < -0.4 is 0 Å². The van der Waals surface area contributed by atoms with E-state index in [4.69, 9.17) is 9.47 Å². The van der Waals surface area contributed by atoms with Crippen LogP contribution in [0, 0.1) is 0 Å². The number of nitrogens with zero attached hydrogens (tertiary/aromatic N) is 2. The first-order valence-corrected chi connectivity index (χ1v) is 5.54. The number of fused-ring (bicyclic) bond motifs is 1. The summed E-state index contributed by atoms with van der Waals surface area (Å²) in [5.41, 5.74) is 0.924. The Morgan fingerprint density at radius 2 is 2.64 bits per heavy atom. The molecular formula is C9H11BrN2O2. The van der Waals surface area contributed by atoms with E-state index in [1.165, 1.54) is 0 Å². The zero-order valence-electron chi connectivity index (χ0n) is 7.86. The first kappa shape index (κ1) is 8.88. The summed E-state index contributed by atoms with van der Waals surface area (Å²) < 4.78 is 14.1. The maximum Gasteiger partial charge on any atom is 0.163 e. The molecule has 2 saturated heterocycles. The van der Waals surface area contributed by atoms with Gasteiger partial charge in [0, 0.05) is 6.54 Å². The van der Waals surface area contributed by atoms with Crippen LogP contribution in [0.15, 0.2) is 10.7 Å². The number of rotatable bonds is 2. The quantitative estimate of drug-likeness (QED) is 0.751. The number of epoxide rings is 1. The molecule has 1 aromatic heterocycles. The fourth-order valence-electron chi connectivity index (χ4n) is 2.13. The molecule has 0 aliphatic carbocycles. The topological polar surface area (TPSA) is 39.6 Å². The van der Waals surface area contributed by atoms with Crippen molar-refractivity contribution < 1.29 is 9.47 Å². The van der Waals surface area contributed by atoms with Crippen molar-refractivity contribution >= 4 is 15.9 Å². The van der Waals surface area contributed by atoms with Gasteiger partial charge in [-0.15, -0.1) is 0 Å². The highest BCUT2D eigenvalue weighted by molar-refractivity contribution is 9.10. The van der Waals surface area contributed by atoms with Crippen molar-refractivity contribution in [1.82, 2.24) is 9.78 Å². The summed E-state index contributed by atoms with van der Waals surface area (Å²) in [6.45, 7) is 4.30. The molecule has 1 aromatic rings. The Labute approximate surface area is 90.3 Å². The van der Waals surface area contributed by atoms with Gasteiger partial charge in [-0.1, -0.05) is 0 Å². The van der Waals surface area contributed by atoms with Crippen molar-refractivity contribution in [3.05, 3.63) is 16.4 Å². The molecule has 0 aromatic carbocycles. The van der Waals surface area contributed by atoms with Crippen LogP contribution in [0.25, 0.3) is 0 Å². The minimum absolute atomic E-state index is 0.203. The molecule has 0 radical (unpaired) electrons. The van der Waals surface area contributed by atoms with Crippen LogP contribution >= 0.6 is 15.9 Å². The summed E-state index contributed by atoms with van der Waals surface area (Å²) in [7, 11) is 0. The molecule has 2 fully saturated rings. The second kappa shape index (κ2) is 2.81. The number of hydrogen-bond acceptors (Lipinski definition) is 3. The molecule has 5 heteroatoms. The molecule has 0 bridgehead atoms. The molecule has 0 amide bonds. The third-order valence-corrected chi connectivity index (χ3v) is 3.48. The van der Waals surface area contributed by atoms with Gasteiger partial charge >= 0.3 is 0 Å². The largest absolute Gasteiger partial charge is 0.375 e. The average molecular weight is 259 g/mol. The highest BCUT2D eigenvalue weighted by Crippen LogP contribution is 2.52.